The van der Waals surface area contributed by atoms with Crippen LogP contribution in [0.5, 0.6) is 0 Å². The molecule has 0 amide bonds. The van der Waals surface area contributed by atoms with Crippen molar-refractivity contribution in [2.75, 3.05) is 30.3 Å². The molecule has 3 N–H and O–H groups in total. The third-order valence-electron chi connectivity index (χ3n) is 3.01. The maximum Gasteiger partial charge on any atom is 0.215 e. The lowest BCUT2D eigenvalue weighted by molar-refractivity contribution is 0.189. The van der Waals surface area contributed by atoms with E-state index in [0.29, 0.717) is 24.4 Å². The molecule has 0 radical (unpaired) electrons. The summed E-state index contributed by atoms with van der Waals surface area (Å²) in [6.07, 6.45) is 0.0178. The fraction of sp³-hybridized carbons (Fsp3) is 0.500. The summed E-state index contributed by atoms with van der Waals surface area (Å²) in [7, 11) is -3.24. The van der Waals surface area contributed by atoms with Crippen LogP contribution in [-0.4, -0.2) is 48.5 Å². The van der Waals surface area contributed by atoms with Crippen LogP contribution >= 0.6 is 11.8 Å². The van der Waals surface area contributed by atoms with E-state index in [-0.39, 0.29) is 12.3 Å². The lowest BCUT2D eigenvalue weighted by Gasteiger charge is -2.15. The Hall–Kier alpha value is -0.760. The predicted octanol–water partition coefficient (Wildman–Crippen LogP) is 0.757. The average molecular weight is 302 g/mol. The number of nitrogens with two attached hydrogens (primary N) is 1. The fourth-order valence-corrected chi connectivity index (χ4v) is 4.70. The Morgan fingerprint density at radius 1 is 1.37 bits per heavy atom. The van der Waals surface area contributed by atoms with Crippen molar-refractivity contribution in [2.45, 2.75) is 17.4 Å². The van der Waals surface area contributed by atoms with Gasteiger partial charge in [-0.1, -0.05) is 0 Å². The van der Waals surface area contributed by atoms with Gasteiger partial charge in [0, 0.05) is 29.4 Å². The Balaban J connectivity index is 1.83. The summed E-state index contributed by atoms with van der Waals surface area (Å²) in [4.78, 5) is 1.01. The number of hydrogen-bond acceptors (Lipinski definition) is 5. The number of hydrogen-bond donors (Lipinski definition) is 2. The van der Waals surface area contributed by atoms with E-state index in [1.807, 2.05) is 12.1 Å². The van der Waals surface area contributed by atoms with Gasteiger partial charge in [-0.3, -0.25) is 0 Å². The summed E-state index contributed by atoms with van der Waals surface area (Å²) in [6, 6.07) is 7.36. The number of β-amino-alcohol motifs (C(OH)–C–C–N with tert-alkyl or cyclic N) is 1. The first kappa shape index (κ1) is 14.6. The van der Waals surface area contributed by atoms with Crippen molar-refractivity contribution in [1.29, 1.82) is 0 Å². The maximum absolute atomic E-state index is 12.0. The third-order valence-corrected chi connectivity index (χ3v) is 6.12. The summed E-state index contributed by atoms with van der Waals surface area (Å²) < 4.78 is 25.4. The number of sulfonamides is 1. The third kappa shape index (κ3) is 4.10. The zero-order valence-electron chi connectivity index (χ0n) is 10.5. The number of nitrogen functional groups attached to an aromatic ring is 1. The molecule has 1 aromatic rings. The van der Waals surface area contributed by atoms with Crippen LogP contribution in [0, 0.1) is 0 Å². The van der Waals surface area contributed by atoms with E-state index in [0.717, 1.165) is 4.90 Å². The second kappa shape index (κ2) is 6.13. The zero-order valence-corrected chi connectivity index (χ0v) is 12.2. The second-order valence-corrected chi connectivity index (χ2v) is 7.79. The molecule has 0 saturated carbocycles. The predicted molar refractivity (Wildman–Crippen MR) is 77.6 cm³/mol. The largest absolute Gasteiger partial charge is 0.399 e. The van der Waals surface area contributed by atoms with Gasteiger partial charge < -0.3 is 10.8 Å². The maximum atomic E-state index is 12.0. The van der Waals surface area contributed by atoms with Crippen molar-refractivity contribution >= 4 is 27.5 Å². The Morgan fingerprint density at radius 3 is 2.63 bits per heavy atom. The molecular formula is C12H18N2O3S2. The van der Waals surface area contributed by atoms with Gasteiger partial charge in [0.2, 0.25) is 10.0 Å². The molecule has 7 heteroatoms. The highest BCUT2D eigenvalue weighted by Gasteiger charge is 2.29. The van der Waals surface area contributed by atoms with Crippen LogP contribution in [0.25, 0.3) is 0 Å². The van der Waals surface area contributed by atoms with Crippen LogP contribution in [0.3, 0.4) is 0 Å². The number of rotatable bonds is 5. The quantitative estimate of drug-likeness (QED) is 0.619. The van der Waals surface area contributed by atoms with Crippen molar-refractivity contribution < 1.29 is 13.5 Å². The first-order valence-electron chi connectivity index (χ1n) is 6.11. The number of aliphatic hydroxyl groups is 1. The summed E-state index contributed by atoms with van der Waals surface area (Å²) in [5.74, 6) is 0.591. The van der Waals surface area contributed by atoms with Crippen molar-refractivity contribution in [3.8, 4) is 0 Å². The smallest absolute Gasteiger partial charge is 0.215 e. The molecule has 106 valence electrons. The number of benzene rings is 1. The van der Waals surface area contributed by atoms with Crippen molar-refractivity contribution in [3.05, 3.63) is 24.3 Å². The minimum Gasteiger partial charge on any atom is -0.399 e. The molecule has 1 unspecified atom stereocenters. The summed E-state index contributed by atoms with van der Waals surface area (Å²) in [6.45, 7) is 0.658. The average Bonchev–Trinajstić information content (AvgIpc) is 2.79. The van der Waals surface area contributed by atoms with E-state index in [1.165, 1.54) is 16.1 Å². The molecule has 1 aliphatic heterocycles. The van der Waals surface area contributed by atoms with Crippen molar-refractivity contribution in [1.82, 2.24) is 4.31 Å². The molecule has 1 aromatic carbocycles. The normalized spacial score (nSPS) is 20.8. The van der Waals surface area contributed by atoms with E-state index < -0.39 is 16.1 Å². The second-order valence-electron chi connectivity index (χ2n) is 4.53. The number of aliphatic hydroxyl groups excluding tert-OH is 1. The van der Waals surface area contributed by atoms with Gasteiger partial charge in [0.1, 0.15) is 0 Å². The Kier molecular flexibility index (Phi) is 4.72. The zero-order chi connectivity index (χ0) is 13.9. The van der Waals surface area contributed by atoms with Crippen molar-refractivity contribution in [3.63, 3.8) is 0 Å². The van der Waals surface area contributed by atoms with E-state index >= 15 is 0 Å². The van der Waals surface area contributed by atoms with E-state index in [1.54, 1.807) is 12.1 Å². The van der Waals surface area contributed by atoms with Crippen LogP contribution in [-0.2, 0) is 10.0 Å². The number of nitrogens with zero attached hydrogens (tertiary/aromatic N) is 1. The van der Waals surface area contributed by atoms with Crippen LogP contribution in [0.4, 0.5) is 5.69 Å². The Labute approximate surface area is 117 Å². The lowest BCUT2D eigenvalue weighted by atomic mass is 10.3. The Morgan fingerprint density at radius 2 is 2.05 bits per heavy atom. The fourth-order valence-electron chi connectivity index (χ4n) is 1.92. The molecular weight excluding hydrogens is 284 g/mol. The van der Waals surface area contributed by atoms with Crippen LogP contribution in [0.15, 0.2) is 29.2 Å². The van der Waals surface area contributed by atoms with E-state index in [2.05, 4.69) is 0 Å². The van der Waals surface area contributed by atoms with Gasteiger partial charge in [0.25, 0.3) is 0 Å². The van der Waals surface area contributed by atoms with Crippen LogP contribution in [0.1, 0.15) is 6.42 Å². The van der Waals surface area contributed by atoms with E-state index in [9.17, 15) is 13.5 Å². The van der Waals surface area contributed by atoms with Gasteiger partial charge in [-0.2, -0.15) is 4.31 Å². The highest BCUT2D eigenvalue weighted by atomic mass is 32.2. The number of anilines is 1. The SMILES string of the molecule is Nc1ccc(SCCS(=O)(=O)N2CCC(O)C2)cc1. The highest BCUT2D eigenvalue weighted by molar-refractivity contribution is 8.00. The van der Waals surface area contributed by atoms with Crippen LogP contribution < -0.4 is 5.73 Å². The summed E-state index contributed by atoms with van der Waals surface area (Å²) in [5.41, 5.74) is 6.28. The summed E-state index contributed by atoms with van der Waals surface area (Å²) in [5, 5.41) is 9.37. The minimum atomic E-state index is -3.24. The topological polar surface area (TPSA) is 83.6 Å². The summed E-state index contributed by atoms with van der Waals surface area (Å²) >= 11 is 1.49. The highest BCUT2D eigenvalue weighted by Crippen LogP contribution is 2.21. The van der Waals surface area contributed by atoms with Crippen molar-refractivity contribution in [2.24, 2.45) is 0 Å². The molecule has 1 atom stereocenters. The minimum absolute atomic E-state index is 0.0920. The van der Waals surface area contributed by atoms with E-state index in [4.69, 9.17) is 5.73 Å². The first-order valence-corrected chi connectivity index (χ1v) is 8.71. The van der Waals surface area contributed by atoms with Gasteiger partial charge in [-0.25, -0.2) is 8.42 Å². The van der Waals surface area contributed by atoms with Gasteiger partial charge in [0.05, 0.1) is 11.9 Å². The molecule has 0 spiro atoms. The first-order chi connectivity index (χ1) is 8.97. The molecule has 1 heterocycles. The molecule has 0 bridgehead atoms. The van der Waals surface area contributed by atoms with Gasteiger partial charge in [0.15, 0.2) is 0 Å². The van der Waals surface area contributed by atoms with Gasteiger partial charge in [-0.05, 0) is 30.7 Å². The molecule has 2 rings (SSSR count). The van der Waals surface area contributed by atoms with Gasteiger partial charge >= 0.3 is 0 Å². The molecule has 0 aliphatic carbocycles. The monoisotopic (exact) mass is 302 g/mol. The molecule has 5 nitrogen and oxygen atoms in total. The standard InChI is InChI=1S/C12H18N2O3S2/c13-10-1-3-12(4-2-10)18-7-8-19(16,17)14-6-5-11(15)9-14/h1-4,11,15H,5-9,13H2. The Bertz CT molecular complexity index is 516. The van der Waals surface area contributed by atoms with Gasteiger partial charge in [-0.15, -0.1) is 11.8 Å². The van der Waals surface area contributed by atoms with Crippen LogP contribution in [0.2, 0.25) is 0 Å². The molecule has 0 aromatic heterocycles. The molecule has 1 fully saturated rings. The lowest BCUT2D eigenvalue weighted by Crippen LogP contribution is -2.32. The molecule has 1 aliphatic rings. The number of thioether (sulfide) groups is 1. The molecule has 1 saturated heterocycles. The molecule has 19 heavy (non-hydrogen) atoms.